The van der Waals surface area contributed by atoms with Gasteiger partial charge in [0.15, 0.2) is 0 Å². The van der Waals surface area contributed by atoms with Crippen LogP contribution >= 0.6 is 0 Å². The zero-order valence-electron chi connectivity index (χ0n) is 14.0. The molecule has 122 valence electrons. The van der Waals surface area contributed by atoms with Gasteiger partial charge in [0, 0.05) is 24.0 Å². The van der Waals surface area contributed by atoms with Crippen LogP contribution in [0, 0.1) is 5.92 Å². The SMILES string of the molecule is C1=C[C@H]2c3cc(-c4ccccc4)ccc3N[C@@H](c3cccnc3)[C@@H]2C1. The molecule has 0 fully saturated rings. The van der Waals surface area contributed by atoms with E-state index in [1.165, 1.54) is 27.9 Å². The molecule has 2 aromatic carbocycles. The molecule has 2 aliphatic rings. The Morgan fingerprint density at radius 2 is 1.84 bits per heavy atom. The number of nitrogens with zero attached hydrogens (tertiary/aromatic N) is 1. The number of allylic oxidation sites excluding steroid dienone is 2. The Labute approximate surface area is 148 Å². The van der Waals surface area contributed by atoms with Crippen LogP contribution in [0.2, 0.25) is 0 Å². The van der Waals surface area contributed by atoms with E-state index in [1.807, 2.05) is 18.5 Å². The summed E-state index contributed by atoms with van der Waals surface area (Å²) >= 11 is 0. The third-order valence-corrected chi connectivity index (χ3v) is 5.51. The van der Waals surface area contributed by atoms with Crippen LogP contribution < -0.4 is 5.32 Å². The van der Waals surface area contributed by atoms with Crippen molar-refractivity contribution in [3.05, 3.63) is 96.3 Å². The molecule has 2 nitrogen and oxygen atoms in total. The number of fused-ring (bicyclic) bond motifs is 3. The first-order valence-corrected chi connectivity index (χ1v) is 8.92. The van der Waals surface area contributed by atoms with E-state index in [2.05, 4.69) is 77.1 Å². The predicted octanol–water partition coefficient (Wildman–Crippen LogP) is 5.58. The number of nitrogens with one attached hydrogen (secondary N) is 1. The summed E-state index contributed by atoms with van der Waals surface area (Å²) in [5, 5.41) is 3.78. The van der Waals surface area contributed by atoms with Crippen molar-refractivity contribution in [2.45, 2.75) is 18.4 Å². The molecule has 1 aromatic heterocycles. The molecule has 0 amide bonds. The molecule has 0 radical (unpaired) electrons. The fourth-order valence-corrected chi connectivity index (χ4v) is 4.29. The van der Waals surface area contributed by atoms with E-state index in [1.54, 1.807) is 0 Å². The molecule has 1 N–H and O–H groups in total. The Kier molecular flexibility index (Phi) is 3.41. The highest BCUT2D eigenvalue weighted by Gasteiger charge is 2.37. The van der Waals surface area contributed by atoms with Crippen LogP contribution in [0.25, 0.3) is 11.1 Å². The average molecular weight is 324 g/mol. The van der Waals surface area contributed by atoms with Crippen LogP contribution in [0.5, 0.6) is 0 Å². The highest BCUT2D eigenvalue weighted by molar-refractivity contribution is 5.71. The lowest BCUT2D eigenvalue weighted by atomic mass is 9.76. The summed E-state index contributed by atoms with van der Waals surface area (Å²) in [6.07, 6.45) is 9.69. The van der Waals surface area contributed by atoms with E-state index in [9.17, 15) is 0 Å². The molecule has 0 unspecified atom stereocenters. The topological polar surface area (TPSA) is 24.9 Å². The smallest absolute Gasteiger partial charge is 0.0569 e. The Morgan fingerprint density at radius 1 is 0.920 bits per heavy atom. The van der Waals surface area contributed by atoms with Gasteiger partial charge in [0.05, 0.1) is 6.04 Å². The van der Waals surface area contributed by atoms with Crippen molar-refractivity contribution in [3.8, 4) is 11.1 Å². The first-order valence-electron chi connectivity index (χ1n) is 8.92. The van der Waals surface area contributed by atoms with E-state index in [4.69, 9.17) is 0 Å². The largest absolute Gasteiger partial charge is 0.378 e. The molecule has 1 aliphatic heterocycles. The average Bonchev–Trinajstić information content (AvgIpc) is 3.18. The number of hydrogen-bond acceptors (Lipinski definition) is 2. The van der Waals surface area contributed by atoms with Crippen molar-refractivity contribution in [3.63, 3.8) is 0 Å². The van der Waals surface area contributed by atoms with Crippen LogP contribution in [-0.2, 0) is 0 Å². The van der Waals surface area contributed by atoms with Crippen molar-refractivity contribution < 1.29 is 0 Å². The van der Waals surface area contributed by atoms with Gasteiger partial charge in [-0.3, -0.25) is 4.98 Å². The summed E-state index contributed by atoms with van der Waals surface area (Å²) in [7, 11) is 0. The summed E-state index contributed by atoms with van der Waals surface area (Å²) in [5.41, 5.74) is 6.51. The van der Waals surface area contributed by atoms with Crippen molar-refractivity contribution >= 4 is 5.69 Å². The van der Waals surface area contributed by atoms with E-state index in [0.29, 0.717) is 17.9 Å². The molecule has 2 heterocycles. The summed E-state index contributed by atoms with van der Waals surface area (Å²) in [6.45, 7) is 0. The van der Waals surface area contributed by atoms with E-state index >= 15 is 0 Å². The molecule has 3 atom stereocenters. The van der Waals surface area contributed by atoms with Crippen LogP contribution in [-0.4, -0.2) is 4.98 Å². The van der Waals surface area contributed by atoms with E-state index in [0.717, 1.165) is 6.42 Å². The number of benzene rings is 2. The molecule has 3 aromatic rings. The van der Waals surface area contributed by atoms with Crippen molar-refractivity contribution in [1.29, 1.82) is 0 Å². The molecule has 0 saturated carbocycles. The fourth-order valence-electron chi connectivity index (χ4n) is 4.29. The highest BCUT2D eigenvalue weighted by atomic mass is 15.0. The molecule has 1 aliphatic carbocycles. The van der Waals surface area contributed by atoms with Gasteiger partial charge in [0.25, 0.3) is 0 Å². The van der Waals surface area contributed by atoms with Gasteiger partial charge in [0.1, 0.15) is 0 Å². The number of rotatable bonds is 2. The van der Waals surface area contributed by atoms with Crippen LogP contribution in [0.1, 0.15) is 29.5 Å². The van der Waals surface area contributed by atoms with Gasteiger partial charge in [0.2, 0.25) is 0 Å². The molecular weight excluding hydrogens is 304 g/mol. The quantitative estimate of drug-likeness (QED) is 0.623. The minimum atomic E-state index is 0.323. The maximum absolute atomic E-state index is 4.32. The van der Waals surface area contributed by atoms with Gasteiger partial charge in [-0.1, -0.05) is 54.6 Å². The fraction of sp³-hybridized carbons (Fsp3) is 0.174. The standard InChI is InChI=1S/C23H20N2/c1-2-6-16(7-3-1)17-11-12-22-21(14-17)19-9-4-10-20(19)23(25-22)18-8-5-13-24-15-18/h1-9,11-15,19-20,23,25H,10H2/t19-,20-,23+/m1/s1. The van der Waals surface area contributed by atoms with Gasteiger partial charge in [-0.25, -0.2) is 0 Å². The number of aromatic nitrogens is 1. The zero-order valence-corrected chi connectivity index (χ0v) is 14.0. The monoisotopic (exact) mass is 324 g/mol. The summed E-state index contributed by atoms with van der Waals surface area (Å²) in [6, 6.07) is 22.0. The van der Waals surface area contributed by atoms with E-state index < -0.39 is 0 Å². The molecular formula is C23H20N2. The Balaban J connectivity index is 1.58. The van der Waals surface area contributed by atoms with Gasteiger partial charge in [-0.05, 0) is 52.8 Å². The lowest BCUT2D eigenvalue weighted by Crippen LogP contribution is -2.29. The second-order valence-electron chi connectivity index (χ2n) is 6.93. The Morgan fingerprint density at radius 3 is 2.68 bits per heavy atom. The summed E-state index contributed by atoms with van der Waals surface area (Å²) < 4.78 is 0. The third kappa shape index (κ3) is 2.45. The van der Waals surface area contributed by atoms with E-state index in [-0.39, 0.29) is 0 Å². The lowest BCUT2D eigenvalue weighted by Gasteiger charge is -2.37. The van der Waals surface area contributed by atoms with Crippen LogP contribution in [0.15, 0.2) is 85.2 Å². The Bertz CT molecular complexity index is 915. The van der Waals surface area contributed by atoms with Gasteiger partial charge in [-0.2, -0.15) is 0 Å². The zero-order chi connectivity index (χ0) is 16.6. The van der Waals surface area contributed by atoms with Crippen LogP contribution in [0.3, 0.4) is 0 Å². The molecule has 0 bridgehead atoms. The van der Waals surface area contributed by atoms with Crippen molar-refractivity contribution in [1.82, 2.24) is 4.98 Å². The summed E-state index contributed by atoms with van der Waals surface area (Å²) in [4.78, 5) is 4.32. The van der Waals surface area contributed by atoms with Crippen molar-refractivity contribution in [2.24, 2.45) is 5.92 Å². The molecule has 0 spiro atoms. The van der Waals surface area contributed by atoms with Gasteiger partial charge in [-0.15, -0.1) is 0 Å². The molecule has 2 heteroatoms. The molecule has 0 saturated heterocycles. The minimum absolute atomic E-state index is 0.323. The Hall–Kier alpha value is -2.87. The summed E-state index contributed by atoms with van der Waals surface area (Å²) in [5.74, 6) is 1.04. The van der Waals surface area contributed by atoms with Gasteiger partial charge < -0.3 is 5.32 Å². The maximum atomic E-state index is 4.32. The maximum Gasteiger partial charge on any atom is 0.0569 e. The first-order chi connectivity index (χ1) is 12.4. The first kappa shape index (κ1) is 14.5. The van der Waals surface area contributed by atoms with Crippen LogP contribution in [0.4, 0.5) is 5.69 Å². The number of anilines is 1. The molecule has 5 rings (SSSR count). The van der Waals surface area contributed by atoms with Gasteiger partial charge >= 0.3 is 0 Å². The normalized spacial score (nSPS) is 23.6. The van der Waals surface area contributed by atoms with Crippen molar-refractivity contribution in [2.75, 3.05) is 5.32 Å². The lowest BCUT2D eigenvalue weighted by molar-refractivity contribution is 0.425. The number of pyridine rings is 1. The second-order valence-corrected chi connectivity index (χ2v) is 6.93. The number of hydrogen-bond donors (Lipinski definition) is 1. The predicted molar refractivity (Wildman–Crippen MR) is 102 cm³/mol. The third-order valence-electron chi connectivity index (χ3n) is 5.51. The minimum Gasteiger partial charge on any atom is -0.378 e. The highest BCUT2D eigenvalue weighted by Crippen LogP contribution is 2.50. The second kappa shape index (κ2) is 5.89. The molecule has 25 heavy (non-hydrogen) atoms.